The highest BCUT2D eigenvalue weighted by atomic mass is 16.6. The summed E-state index contributed by atoms with van der Waals surface area (Å²) >= 11 is 0. The summed E-state index contributed by atoms with van der Waals surface area (Å²) in [7, 11) is 0. The first-order valence-corrected chi connectivity index (χ1v) is 8.87. The Morgan fingerprint density at radius 2 is 2.24 bits per heavy atom. The fourth-order valence-corrected chi connectivity index (χ4v) is 3.40. The highest BCUT2D eigenvalue weighted by molar-refractivity contribution is 5.74. The van der Waals surface area contributed by atoms with Crippen LogP contribution in [0.5, 0.6) is 0 Å². The van der Waals surface area contributed by atoms with Crippen molar-refractivity contribution in [1.29, 1.82) is 0 Å². The molecular formula is C18H23N3O4. The molecule has 2 amide bonds. The summed E-state index contributed by atoms with van der Waals surface area (Å²) in [5.41, 5.74) is 1.67. The Hall–Kier alpha value is -2.12. The molecule has 3 heterocycles. The summed E-state index contributed by atoms with van der Waals surface area (Å²) in [6.45, 7) is 3.60. The van der Waals surface area contributed by atoms with E-state index in [1.165, 1.54) is 0 Å². The summed E-state index contributed by atoms with van der Waals surface area (Å²) < 4.78 is 16.8. The van der Waals surface area contributed by atoms with Crippen LogP contribution in [0.15, 0.2) is 28.7 Å². The second kappa shape index (κ2) is 7.41. The molecule has 2 aliphatic heterocycles. The number of fused-ring (bicyclic) bond motifs is 1. The second-order valence-corrected chi connectivity index (χ2v) is 6.56. The van der Waals surface area contributed by atoms with Gasteiger partial charge in [0.05, 0.1) is 31.8 Å². The Bertz CT molecular complexity index is 693. The Balaban J connectivity index is 1.35. The number of para-hydroxylation sites is 2. The molecule has 134 valence electrons. The van der Waals surface area contributed by atoms with E-state index in [-0.39, 0.29) is 18.1 Å². The van der Waals surface area contributed by atoms with Gasteiger partial charge in [0.2, 0.25) is 0 Å². The number of aromatic nitrogens is 1. The van der Waals surface area contributed by atoms with E-state index in [1.807, 2.05) is 29.2 Å². The molecule has 0 aliphatic carbocycles. The van der Waals surface area contributed by atoms with Gasteiger partial charge in [-0.2, -0.15) is 0 Å². The molecular weight excluding hydrogens is 322 g/mol. The molecule has 0 bridgehead atoms. The number of oxazole rings is 1. The number of nitrogens with one attached hydrogen (secondary N) is 1. The Morgan fingerprint density at radius 3 is 3.08 bits per heavy atom. The lowest BCUT2D eigenvalue weighted by Gasteiger charge is -2.32. The summed E-state index contributed by atoms with van der Waals surface area (Å²) in [6, 6.07) is 7.70. The molecule has 4 rings (SSSR count). The van der Waals surface area contributed by atoms with Crippen LogP contribution in [0, 0.1) is 0 Å². The van der Waals surface area contributed by atoms with Crippen molar-refractivity contribution in [3.63, 3.8) is 0 Å². The predicted octanol–water partition coefficient (Wildman–Crippen LogP) is 2.13. The number of nitrogens with zero attached hydrogens (tertiary/aromatic N) is 2. The topological polar surface area (TPSA) is 76.8 Å². The van der Waals surface area contributed by atoms with Crippen molar-refractivity contribution in [2.75, 3.05) is 39.5 Å². The van der Waals surface area contributed by atoms with Gasteiger partial charge in [-0.05, 0) is 25.0 Å². The molecule has 2 aliphatic rings. The predicted molar refractivity (Wildman–Crippen MR) is 91.5 cm³/mol. The first-order chi connectivity index (χ1) is 12.3. The number of urea groups is 1. The van der Waals surface area contributed by atoms with Crippen LogP contribution in [0.1, 0.15) is 24.7 Å². The van der Waals surface area contributed by atoms with Crippen LogP contribution in [0.3, 0.4) is 0 Å². The molecule has 2 saturated heterocycles. The number of rotatable bonds is 3. The third-order valence-corrected chi connectivity index (χ3v) is 4.73. The van der Waals surface area contributed by atoms with Gasteiger partial charge in [0.25, 0.3) is 0 Å². The smallest absolute Gasteiger partial charge is 0.317 e. The van der Waals surface area contributed by atoms with Crippen LogP contribution in [-0.4, -0.2) is 61.5 Å². The second-order valence-electron chi connectivity index (χ2n) is 6.56. The molecule has 2 atom stereocenters. The van der Waals surface area contributed by atoms with Gasteiger partial charge < -0.3 is 24.1 Å². The van der Waals surface area contributed by atoms with E-state index in [0.29, 0.717) is 32.9 Å². The lowest BCUT2D eigenvalue weighted by atomic mass is 9.98. The zero-order valence-electron chi connectivity index (χ0n) is 14.1. The normalized spacial score (nSPS) is 24.4. The first-order valence-electron chi connectivity index (χ1n) is 8.87. The molecule has 0 spiro atoms. The zero-order chi connectivity index (χ0) is 17.1. The Labute approximate surface area is 146 Å². The Morgan fingerprint density at radius 1 is 1.32 bits per heavy atom. The maximum absolute atomic E-state index is 12.5. The highest BCUT2D eigenvalue weighted by Gasteiger charge is 2.28. The lowest BCUT2D eigenvalue weighted by molar-refractivity contribution is -0.0856. The molecule has 2 aromatic rings. The molecule has 2 fully saturated rings. The summed E-state index contributed by atoms with van der Waals surface area (Å²) in [5, 5.41) is 2.95. The molecule has 1 aromatic heterocycles. The minimum Gasteiger partial charge on any atom is -0.440 e. The van der Waals surface area contributed by atoms with E-state index in [1.54, 1.807) is 0 Å². The Kier molecular flexibility index (Phi) is 4.85. The largest absolute Gasteiger partial charge is 0.440 e. The van der Waals surface area contributed by atoms with Gasteiger partial charge in [-0.3, -0.25) is 0 Å². The fourth-order valence-electron chi connectivity index (χ4n) is 3.40. The molecule has 0 radical (unpaired) electrons. The number of carbonyl (C=O) groups excluding carboxylic acids is 1. The van der Waals surface area contributed by atoms with E-state index in [4.69, 9.17) is 13.9 Å². The standard InChI is InChI=1S/C18H23N3O4/c22-18(19-10-14-12-23-8-9-24-14)21-7-3-4-13(11-21)17-20-15-5-1-2-6-16(15)25-17/h1-2,5-6,13-14H,3-4,7-12H2,(H,19,22)/t13-,14+/m1/s1. The van der Waals surface area contributed by atoms with E-state index >= 15 is 0 Å². The number of carbonyl (C=O) groups is 1. The number of likely N-dealkylation sites (tertiary alicyclic amines) is 1. The van der Waals surface area contributed by atoms with Crippen molar-refractivity contribution in [3.05, 3.63) is 30.2 Å². The van der Waals surface area contributed by atoms with Crippen LogP contribution < -0.4 is 5.32 Å². The number of ether oxygens (including phenoxy) is 2. The number of amides is 2. The quantitative estimate of drug-likeness (QED) is 0.922. The average molecular weight is 345 g/mol. The van der Waals surface area contributed by atoms with Crippen molar-refractivity contribution in [3.8, 4) is 0 Å². The van der Waals surface area contributed by atoms with Crippen LogP contribution in [0.25, 0.3) is 11.1 Å². The van der Waals surface area contributed by atoms with Gasteiger partial charge in [0.1, 0.15) is 5.52 Å². The zero-order valence-corrected chi connectivity index (χ0v) is 14.1. The van der Waals surface area contributed by atoms with Gasteiger partial charge >= 0.3 is 6.03 Å². The summed E-state index contributed by atoms with van der Waals surface area (Å²) in [4.78, 5) is 18.9. The number of piperidine rings is 1. The van der Waals surface area contributed by atoms with Crippen molar-refractivity contribution in [2.45, 2.75) is 24.9 Å². The third-order valence-electron chi connectivity index (χ3n) is 4.73. The lowest BCUT2D eigenvalue weighted by Crippen LogP contribution is -2.48. The van der Waals surface area contributed by atoms with Crippen molar-refractivity contribution in [1.82, 2.24) is 15.2 Å². The summed E-state index contributed by atoms with van der Waals surface area (Å²) in [6.07, 6.45) is 1.87. The van der Waals surface area contributed by atoms with Crippen molar-refractivity contribution in [2.24, 2.45) is 0 Å². The monoisotopic (exact) mass is 345 g/mol. The molecule has 0 unspecified atom stereocenters. The average Bonchev–Trinajstić information content (AvgIpc) is 3.11. The van der Waals surface area contributed by atoms with Gasteiger partial charge in [0.15, 0.2) is 11.5 Å². The highest BCUT2D eigenvalue weighted by Crippen LogP contribution is 2.28. The first kappa shape index (κ1) is 16.4. The van der Waals surface area contributed by atoms with Crippen LogP contribution in [-0.2, 0) is 9.47 Å². The van der Waals surface area contributed by atoms with Crippen LogP contribution >= 0.6 is 0 Å². The van der Waals surface area contributed by atoms with Crippen molar-refractivity contribution >= 4 is 17.1 Å². The number of hydrogen-bond acceptors (Lipinski definition) is 5. The van der Waals surface area contributed by atoms with Gasteiger partial charge in [-0.15, -0.1) is 0 Å². The molecule has 0 saturated carbocycles. The SMILES string of the molecule is O=C(NC[C@H]1COCCO1)N1CCC[C@@H](c2nc3ccccc3o2)C1. The third kappa shape index (κ3) is 3.77. The number of hydrogen-bond donors (Lipinski definition) is 1. The molecule has 25 heavy (non-hydrogen) atoms. The minimum absolute atomic E-state index is 0.0599. The fraction of sp³-hybridized carbons (Fsp3) is 0.556. The molecule has 7 nitrogen and oxygen atoms in total. The van der Waals surface area contributed by atoms with Gasteiger partial charge in [-0.1, -0.05) is 12.1 Å². The summed E-state index contributed by atoms with van der Waals surface area (Å²) in [5.74, 6) is 0.865. The van der Waals surface area contributed by atoms with E-state index in [2.05, 4.69) is 10.3 Å². The maximum atomic E-state index is 12.5. The number of benzene rings is 1. The van der Waals surface area contributed by atoms with Gasteiger partial charge in [-0.25, -0.2) is 9.78 Å². The van der Waals surface area contributed by atoms with E-state index in [0.717, 1.165) is 36.4 Å². The van der Waals surface area contributed by atoms with Crippen molar-refractivity contribution < 1.29 is 18.7 Å². The molecule has 1 N–H and O–H groups in total. The maximum Gasteiger partial charge on any atom is 0.317 e. The molecule has 1 aromatic carbocycles. The van der Waals surface area contributed by atoms with E-state index in [9.17, 15) is 4.79 Å². The van der Waals surface area contributed by atoms with Crippen LogP contribution in [0.4, 0.5) is 4.79 Å². The van der Waals surface area contributed by atoms with Gasteiger partial charge in [0, 0.05) is 19.6 Å². The van der Waals surface area contributed by atoms with E-state index < -0.39 is 0 Å². The minimum atomic E-state index is -0.0602. The van der Waals surface area contributed by atoms with Crippen LogP contribution in [0.2, 0.25) is 0 Å². The molecule has 7 heteroatoms.